The quantitative estimate of drug-likeness (QED) is 0.285. The number of aromatic nitrogens is 3. The Hall–Kier alpha value is -3.59. The molecule has 1 fully saturated rings. The smallest absolute Gasteiger partial charge is 0.258 e. The van der Waals surface area contributed by atoms with Crippen molar-refractivity contribution in [3.05, 3.63) is 94.1 Å². The number of non-ortho nitro benzene ring substituents is 1. The summed E-state index contributed by atoms with van der Waals surface area (Å²) >= 11 is 0. The fraction of sp³-hybridized carbons (Fsp3) is 0.280. The molecule has 174 valence electrons. The molecule has 2 atom stereocenters. The van der Waals surface area contributed by atoms with Gasteiger partial charge in [0.15, 0.2) is 5.65 Å². The van der Waals surface area contributed by atoms with Crippen molar-refractivity contribution in [1.82, 2.24) is 13.9 Å². The number of nitro benzene ring substituents is 1. The highest BCUT2D eigenvalue weighted by Crippen LogP contribution is 2.43. The Morgan fingerprint density at radius 3 is 2.56 bits per heavy atom. The van der Waals surface area contributed by atoms with Crippen LogP contribution in [0.2, 0.25) is 0 Å². The van der Waals surface area contributed by atoms with Gasteiger partial charge in [-0.05, 0) is 55.9 Å². The van der Waals surface area contributed by atoms with Crippen LogP contribution in [-0.4, -0.2) is 27.3 Å². The van der Waals surface area contributed by atoms with Crippen molar-refractivity contribution in [2.75, 3.05) is 0 Å². The maximum absolute atomic E-state index is 13.3. The summed E-state index contributed by atoms with van der Waals surface area (Å²) in [4.78, 5) is 19.9. The Morgan fingerprint density at radius 1 is 1.03 bits per heavy atom. The van der Waals surface area contributed by atoms with Gasteiger partial charge in [-0.3, -0.25) is 10.1 Å². The molecule has 2 aromatic heterocycles. The maximum atomic E-state index is 13.3. The van der Waals surface area contributed by atoms with Crippen LogP contribution in [0.4, 0.5) is 5.69 Å². The molecule has 2 unspecified atom stereocenters. The minimum Gasteiger partial charge on any atom is -0.258 e. The van der Waals surface area contributed by atoms with Gasteiger partial charge in [-0.1, -0.05) is 36.2 Å². The van der Waals surface area contributed by atoms with E-state index in [1.54, 1.807) is 48.7 Å². The second kappa shape index (κ2) is 8.64. The van der Waals surface area contributed by atoms with Gasteiger partial charge in [0, 0.05) is 29.6 Å². The van der Waals surface area contributed by atoms with Crippen molar-refractivity contribution >= 4 is 26.7 Å². The monoisotopic (exact) mass is 476 g/mol. The zero-order valence-corrected chi connectivity index (χ0v) is 19.5. The molecule has 0 radical (unpaired) electrons. The molecule has 0 amide bonds. The van der Waals surface area contributed by atoms with E-state index in [-0.39, 0.29) is 27.3 Å². The van der Waals surface area contributed by atoms with Gasteiger partial charge in [-0.2, -0.15) is 0 Å². The number of rotatable bonds is 5. The number of aryl methyl sites for hydroxylation is 1. The van der Waals surface area contributed by atoms with E-state index in [1.165, 1.54) is 16.4 Å². The number of hydrogen-bond donors (Lipinski definition) is 0. The van der Waals surface area contributed by atoms with E-state index in [0.29, 0.717) is 5.65 Å². The Morgan fingerprint density at radius 2 is 1.79 bits per heavy atom. The summed E-state index contributed by atoms with van der Waals surface area (Å²) in [6.45, 7) is 1.91. The van der Waals surface area contributed by atoms with Crippen LogP contribution >= 0.6 is 0 Å². The predicted molar refractivity (Wildman–Crippen MR) is 128 cm³/mol. The van der Waals surface area contributed by atoms with Gasteiger partial charge in [0.1, 0.15) is 6.33 Å². The summed E-state index contributed by atoms with van der Waals surface area (Å²) in [5.74, 6) is 0.295. The third-order valence-electron chi connectivity index (χ3n) is 6.67. The van der Waals surface area contributed by atoms with Crippen molar-refractivity contribution in [2.45, 2.75) is 49.3 Å². The average molecular weight is 477 g/mol. The second-order valence-electron chi connectivity index (χ2n) is 8.84. The molecule has 1 aliphatic rings. The first-order valence-electron chi connectivity index (χ1n) is 11.2. The molecule has 1 aliphatic carbocycles. The lowest BCUT2D eigenvalue weighted by Gasteiger charge is -2.29. The molecule has 5 rings (SSSR count). The second-order valence-corrected chi connectivity index (χ2v) is 10.7. The molecule has 0 bridgehead atoms. The third-order valence-corrected chi connectivity index (χ3v) is 8.35. The van der Waals surface area contributed by atoms with Crippen molar-refractivity contribution in [3.8, 4) is 0 Å². The van der Waals surface area contributed by atoms with Crippen LogP contribution < -0.4 is 0 Å². The number of nitrogens with zero attached hydrogens (tertiary/aromatic N) is 4. The number of fused-ring (bicyclic) bond motifs is 1. The predicted octanol–water partition coefficient (Wildman–Crippen LogP) is 5.33. The van der Waals surface area contributed by atoms with Gasteiger partial charge in [0.2, 0.25) is 0 Å². The van der Waals surface area contributed by atoms with E-state index in [1.807, 2.05) is 13.0 Å². The average Bonchev–Trinajstić information content (AvgIpc) is 3.30. The van der Waals surface area contributed by atoms with Crippen LogP contribution in [0.5, 0.6) is 0 Å². The zero-order chi connectivity index (χ0) is 23.9. The van der Waals surface area contributed by atoms with Crippen molar-refractivity contribution < 1.29 is 13.3 Å². The molecule has 0 aliphatic heterocycles. The van der Waals surface area contributed by atoms with Crippen molar-refractivity contribution in [3.63, 3.8) is 0 Å². The van der Waals surface area contributed by atoms with Crippen molar-refractivity contribution in [2.24, 2.45) is 0 Å². The van der Waals surface area contributed by atoms with Gasteiger partial charge in [0.25, 0.3) is 15.7 Å². The summed E-state index contributed by atoms with van der Waals surface area (Å²) in [6.07, 6.45) is 6.60. The highest BCUT2D eigenvalue weighted by molar-refractivity contribution is 7.90. The minimum absolute atomic E-state index is 0.0995. The van der Waals surface area contributed by atoms with E-state index in [2.05, 4.69) is 9.97 Å². The molecule has 4 aromatic rings. The maximum Gasteiger partial charge on any atom is 0.269 e. The fourth-order valence-corrected chi connectivity index (χ4v) is 6.23. The van der Waals surface area contributed by atoms with Crippen LogP contribution in [-0.2, 0) is 10.0 Å². The van der Waals surface area contributed by atoms with Crippen LogP contribution in [0.3, 0.4) is 0 Å². The third kappa shape index (κ3) is 3.96. The van der Waals surface area contributed by atoms with Gasteiger partial charge < -0.3 is 0 Å². The lowest BCUT2D eigenvalue weighted by atomic mass is 9.76. The fourth-order valence-electron chi connectivity index (χ4n) is 4.92. The molecule has 2 heterocycles. The molecule has 1 saturated carbocycles. The lowest BCUT2D eigenvalue weighted by molar-refractivity contribution is -0.384. The first-order chi connectivity index (χ1) is 16.3. The summed E-state index contributed by atoms with van der Waals surface area (Å²) in [5.41, 5.74) is 3.24. The standard InChI is InChI=1S/C25H24N4O4S/c1-17-8-10-22(11-9-17)34(32,33)28-13-12-23-24(26-16-27-25(23)28)20-6-2-4-18(14-20)19-5-3-7-21(15-19)29(30)31/h3,5,7-13,15-16,18,20H,2,4,6,14H2,1H3. The Labute approximate surface area is 197 Å². The molecule has 0 N–H and O–H groups in total. The molecule has 8 nitrogen and oxygen atoms in total. The minimum atomic E-state index is -3.79. The van der Waals surface area contributed by atoms with Crippen LogP contribution in [0.15, 0.2) is 72.0 Å². The van der Waals surface area contributed by atoms with E-state index in [9.17, 15) is 18.5 Å². The number of hydrogen-bond acceptors (Lipinski definition) is 6. The SMILES string of the molecule is Cc1ccc(S(=O)(=O)n2ccc3c(C4CCCC(c5cccc([N+](=O)[O-])c5)C4)ncnc32)cc1. The molecule has 9 heteroatoms. The van der Waals surface area contributed by atoms with Crippen LogP contribution in [0, 0.1) is 17.0 Å². The van der Waals surface area contributed by atoms with E-state index >= 15 is 0 Å². The molecule has 0 saturated heterocycles. The molecule has 0 spiro atoms. The van der Waals surface area contributed by atoms with E-state index in [0.717, 1.165) is 47.9 Å². The lowest BCUT2D eigenvalue weighted by Crippen LogP contribution is -2.15. The van der Waals surface area contributed by atoms with Gasteiger partial charge in [0.05, 0.1) is 15.5 Å². The number of nitro groups is 1. The molecular formula is C25H24N4O4S. The molecule has 2 aromatic carbocycles. The molecule has 34 heavy (non-hydrogen) atoms. The highest BCUT2D eigenvalue weighted by Gasteiger charge is 2.29. The van der Waals surface area contributed by atoms with Crippen LogP contribution in [0.1, 0.15) is 54.3 Å². The van der Waals surface area contributed by atoms with E-state index in [4.69, 9.17) is 0 Å². The first kappa shape index (κ1) is 22.2. The largest absolute Gasteiger partial charge is 0.269 e. The topological polar surface area (TPSA) is 108 Å². The van der Waals surface area contributed by atoms with Crippen LogP contribution in [0.25, 0.3) is 11.0 Å². The normalized spacial score (nSPS) is 18.7. The van der Waals surface area contributed by atoms with Gasteiger partial charge in [-0.25, -0.2) is 22.4 Å². The first-order valence-corrected chi connectivity index (χ1v) is 12.7. The summed E-state index contributed by atoms with van der Waals surface area (Å²) < 4.78 is 27.8. The highest BCUT2D eigenvalue weighted by atomic mass is 32.2. The summed E-state index contributed by atoms with van der Waals surface area (Å²) in [7, 11) is -3.79. The Bertz CT molecular complexity index is 1480. The van der Waals surface area contributed by atoms with E-state index < -0.39 is 10.0 Å². The Balaban J connectivity index is 1.49. The molecular weight excluding hydrogens is 452 g/mol. The van der Waals surface area contributed by atoms with Gasteiger partial charge >= 0.3 is 0 Å². The Kier molecular flexibility index (Phi) is 5.65. The summed E-state index contributed by atoms with van der Waals surface area (Å²) in [5, 5.41) is 11.9. The summed E-state index contributed by atoms with van der Waals surface area (Å²) in [6, 6.07) is 15.4. The number of benzene rings is 2. The van der Waals surface area contributed by atoms with Gasteiger partial charge in [-0.15, -0.1) is 0 Å². The van der Waals surface area contributed by atoms with Crippen molar-refractivity contribution in [1.29, 1.82) is 0 Å². The zero-order valence-electron chi connectivity index (χ0n) is 18.7.